The van der Waals surface area contributed by atoms with E-state index in [0.717, 1.165) is 42.7 Å². The fraction of sp³-hybridized carbons (Fsp3) is 0.417. The fourth-order valence-electron chi connectivity index (χ4n) is 4.14. The SMILES string of the molecule is O=C(NCc1cccc(CN2CCCC2=O)c1)Nc1ccccc1OC1CCCC1. The number of nitrogens with one attached hydrogen (secondary N) is 2. The van der Waals surface area contributed by atoms with Crippen LogP contribution in [0.4, 0.5) is 10.5 Å². The summed E-state index contributed by atoms with van der Waals surface area (Å²) in [7, 11) is 0. The number of carbonyl (C=O) groups excluding carboxylic acids is 2. The number of urea groups is 1. The minimum absolute atomic E-state index is 0.219. The van der Waals surface area contributed by atoms with Gasteiger partial charge in [0.25, 0.3) is 0 Å². The molecule has 2 aromatic carbocycles. The Balaban J connectivity index is 1.31. The number of nitrogens with zero attached hydrogens (tertiary/aromatic N) is 1. The van der Waals surface area contributed by atoms with Crippen molar-refractivity contribution in [1.82, 2.24) is 10.2 Å². The van der Waals surface area contributed by atoms with Crippen LogP contribution in [0, 0.1) is 0 Å². The van der Waals surface area contributed by atoms with Crippen LogP contribution in [-0.4, -0.2) is 29.5 Å². The number of benzene rings is 2. The summed E-state index contributed by atoms with van der Waals surface area (Å²) in [6.45, 7) is 1.87. The van der Waals surface area contributed by atoms with Crippen molar-refractivity contribution >= 4 is 17.6 Å². The number of amides is 3. The maximum absolute atomic E-state index is 12.5. The van der Waals surface area contributed by atoms with E-state index in [1.165, 1.54) is 12.8 Å². The number of ether oxygens (including phenoxy) is 1. The lowest BCUT2D eigenvalue weighted by Crippen LogP contribution is -2.28. The van der Waals surface area contributed by atoms with Crippen molar-refractivity contribution in [3.63, 3.8) is 0 Å². The minimum Gasteiger partial charge on any atom is -0.488 e. The maximum Gasteiger partial charge on any atom is 0.319 e. The molecule has 2 fully saturated rings. The first-order valence-electron chi connectivity index (χ1n) is 10.8. The van der Waals surface area contributed by atoms with Crippen molar-refractivity contribution in [3.05, 3.63) is 59.7 Å². The molecule has 3 amide bonds. The van der Waals surface area contributed by atoms with Gasteiger partial charge >= 0.3 is 6.03 Å². The van der Waals surface area contributed by atoms with Crippen LogP contribution in [0.5, 0.6) is 5.75 Å². The van der Waals surface area contributed by atoms with Crippen LogP contribution in [0.3, 0.4) is 0 Å². The number of carbonyl (C=O) groups is 2. The predicted molar refractivity (Wildman–Crippen MR) is 116 cm³/mol. The molecule has 0 atom stereocenters. The van der Waals surface area contributed by atoms with E-state index in [-0.39, 0.29) is 18.0 Å². The van der Waals surface area contributed by atoms with Gasteiger partial charge in [-0.3, -0.25) is 4.79 Å². The van der Waals surface area contributed by atoms with E-state index >= 15 is 0 Å². The maximum atomic E-state index is 12.5. The molecular formula is C24H29N3O3. The number of para-hydroxylation sites is 2. The highest BCUT2D eigenvalue weighted by atomic mass is 16.5. The summed E-state index contributed by atoms with van der Waals surface area (Å²) in [4.78, 5) is 26.2. The molecule has 0 aromatic heterocycles. The van der Waals surface area contributed by atoms with Crippen LogP contribution in [0.25, 0.3) is 0 Å². The zero-order valence-corrected chi connectivity index (χ0v) is 17.2. The lowest BCUT2D eigenvalue weighted by molar-refractivity contribution is -0.128. The Morgan fingerprint density at radius 1 is 1.03 bits per heavy atom. The van der Waals surface area contributed by atoms with Gasteiger partial charge in [0.15, 0.2) is 0 Å². The van der Waals surface area contributed by atoms with Gasteiger partial charge in [0.1, 0.15) is 5.75 Å². The molecule has 2 aromatic rings. The van der Waals surface area contributed by atoms with Gasteiger partial charge in [0.05, 0.1) is 11.8 Å². The molecule has 4 rings (SSSR count). The third-order valence-electron chi connectivity index (χ3n) is 5.72. The molecule has 1 aliphatic heterocycles. The molecule has 2 N–H and O–H groups in total. The molecule has 30 heavy (non-hydrogen) atoms. The van der Waals surface area contributed by atoms with Gasteiger partial charge in [-0.2, -0.15) is 0 Å². The lowest BCUT2D eigenvalue weighted by Gasteiger charge is -2.17. The Kier molecular flexibility index (Phi) is 6.52. The Hall–Kier alpha value is -3.02. The van der Waals surface area contributed by atoms with Crippen LogP contribution in [-0.2, 0) is 17.9 Å². The molecule has 0 unspecified atom stereocenters. The van der Waals surface area contributed by atoms with Crippen molar-refractivity contribution in [1.29, 1.82) is 0 Å². The summed E-state index contributed by atoms with van der Waals surface area (Å²) in [5.41, 5.74) is 2.77. The largest absolute Gasteiger partial charge is 0.488 e. The molecular weight excluding hydrogens is 378 g/mol. The Morgan fingerprint density at radius 3 is 2.63 bits per heavy atom. The van der Waals surface area contributed by atoms with Gasteiger partial charge in [0, 0.05) is 26.1 Å². The van der Waals surface area contributed by atoms with E-state index in [1.807, 2.05) is 53.4 Å². The Bertz CT molecular complexity index is 893. The third-order valence-corrected chi connectivity index (χ3v) is 5.72. The van der Waals surface area contributed by atoms with Crippen molar-refractivity contribution < 1.29 is 14.3 Å². The molecule has 2 aliphatic rings. The van der Waals surface area contributed by atoms with Gasteiger partial charge in [-0.05, 0) is 55.4 Å². The molecule has 0 radical (unpaired) electrons. The highest BCUT2D eigenvalue weighted by Gasteiger charge is 2.20. The number of anilines is 1. The molecule has 0 bridgehead atoms. The van der Waals surface area contributed by atoms with E-state index in [1.54, 1.807) is 0 Å². The second-order valence-electron chi connectivity index (χ2n) is 8.07. The van der Waals surface area contributed by atoms with Crippen LogP contribution < -0.4 is 15.4 Å². The van der Waals surface area contributed by atoms with E-state index in [4.69, 9.17) is 4.74 Å². The van der Waals surface area contributed by atoms with Gasteiger partial charge in [0.2, 0.25) is 5.91 Å². The smallest absolute Gasteiger partial charge is 0.319 e. The minimum atomic E-state index is -0.266. The number of likely N-dealkylation sites (tertiary alicyclic amines) is 1. The topological polar surface area (TPSA) is 70.7 Å². The highest BCUT2D eigenvalue weighted by molar-refractivity contribution is 5.90. The Morgan fingerprint density at radius 2 is 1.83 bits per heavy atom. The van der Waals surface area contributed by atoms with Crippen LogP contribution in [0.1, 0.15) is 49.7 Å². The normalized spacial score (nSPS) is 16.7. The van der Waals surface area contributed by atoms with E-state index in [0.29, 0.717) is 25.2 Å². The molecule has 6 nitrogen and oxygen atoms in total. The van der Waals surface area contributed by atoms with Gasteiger partial charge in [-0.1, -0.05) is 36.4 Å². The number of rotatable bonds is 7. The number of hydrogen-bond donors (Lipinski definition) is 2. The summed E-state index contributed by atoms with van der Waals surface area (Å²) in [5.74, 6) is 0.938. The molecule has 1 heterocycles. The summed E-state index contributed by atoms with van der Waals surface area (Å²) in [6, 6.07) is 15.3. The zero-order valence-electron chi connectivity index (χ0n) is 17.2. The first kappa shape index (κ1) is 20.3. The van der Waals surface area contributed by atoms with E-state index in [9.17, 15) is 9.59 Å². The van der Waals surface area contributed by atoms with Crippen molar-refractivity contribution in [2.24, 2.45) is 0 Å². The van der Waals surface area contributed by atoms with Crippen molar-refractivity contribution in [3.8, 4) is 5.75 Å². The molecule has 6 heteroatoms. The average Bonchev–Trinajstić information content (AvgIpc) is 3.40. The van der Waals surface area contributed by atoms with Crippen LogP contribution in [0.15, 0.2) is 48.5 Å². The third kappa shape index (κ3) is 5.32. The van der Waals surface area contributed by atoms with E-state index < -0.39 is 0 Å². The monoisotopic (exact) mass is 407 g/mol. The molecule has 0 spiro atoms. The molecule has 158 valence electrons. The first-order valence-corrected chi connectivity index (χ1v) is 10.8. The van der Waals surface area contributed by atoms with Gasteiger partial charge in [-0.15, -0.1) is 0 Å². The highest BCUT2D eigenvalue weighted by Crippen LogP contribution is 2.29. The quantitative estimate of drug-likeness (QED) is 0.712. The molecule has 1 saturated heterocycles. The summed E-state index contributed by atoms with van der Waals surface area (Å²) >= 11 is 0. The second kappa shape index (κ2) is 9.65. The van der Waals surface area contributed by atoms with Crippen molar-refractivity contribution in [2.45, 2.75) is 57.7 Å². The van der Waals surface area contributed by atoms with Crippen LogP contribution in [0.2, 0.25) is 0 Å². The zero-order chi connectivity index (χ0) is 20.8. The van der Waals surface area contributed by atoms with Gasteiger partial charge < -0.3 is 20.3 Å². The van der Waals surface area contributed by atoms with Gasteiger partial charge in [-0.25, -0.2) is 4.79 Å². The molecule has 1 aliphatic carbocycles. The predicted octanol–water partition coefficient (Wildman–Crippen LogP) is 4.45. The average molecular weight is 408 g/mol. The molecule has 1 saturated carbocycles. The summed E-state index contributed by atoms with van der Waals surface area (Å²) in [6.07, 6.45) is 6.36. The van der Waals surface area contributed by atoms with Crippen LogP contribution >= 0.6 is 0 Å². The Labute approximate surface area is 177 Å². The van der Waals surface area contributed by atoms with Crippen molar-refractivity contribution in [2.75, 3.05) is 11.9 Å². The standard InChI is InChI=1S/C24H29N3O3/c28-23-13-6-14-27(23)17-19-8-5-7-18(15-19)16-25-24(29)26-21-11-3-4-12-22(21)30-20-9-1-2-10-20/h3-5,7-8,11-12,15,20H,1-2,6,9-10,13-14,16-17H2,(H2,25,26,29). The summed E-state index contributed by atoms with van der Waals surface area (Å²) in [5, 5.41) is 5.82. The first-order chi connectivity index (χ1) is 14.7. The number of hydrogen-bond acceptors (Lipinski definition) is 3. The second-order valence-corrected chi connectivity index (χ2v) is 8.07. The summed E-state index contributed by atoms with van der Waals surface area (Å²) < 4.78 is 6.08. The van der Waals surface area contributed by atoms with E-state index in [2.05, 4.69) is 10.6 Å². The lowest BCUT2D eigenvalue weighted by atomic mass is 10.1. The fourth-order valence-corrected chi connectivity index (χ4v) is 4.14.